The van der Waals surface area contributed by atoms with E-state index in [9.17, 15) is 14.4 Å². The maximum Gasteiger partial charge on any atom is 0.306 e. The Morgan fingerprint density at radius 1 is 0.400 bits per heavy atom. The van der Waals surface area contributed by atoms with Crippen LogP contribution in [-0.4, -0.2) is 37.2 Å². The molecule has 310 valence electrons. The largest absolute Gasteiger partial charge is 0.462 e. The predicted molar refractivity (Wildman–Crippen MR) is 233 cm³/mol. The molecule has 0 bridgehead atoms. The molecule has 0 saturated heterocycles. The Morgan fingerprint density at radius 3 is 1.31 bits per heavy atom. The zero-order chi connectivity index (χ0) is 40.1. The molecule has 1 atom stereocenters. The first-order chi connectivity index (χ1) is 27.0. The van der Waals surface area contributed by atoms with Gasteiger partial charge in [-0.25, -0.2) is 0 Å². The minimum absolute atomic E-state index is 0.123. The summed E-state index contributed by atoms with van der Waals surface area (Å²) in [6.45, 7) is 6.29. The summed E-state index contributed by atoms with van der Waals surface area (Å²) >= 11 is 0. The molecule has 0 aliphatic heterocycles. The van der Waals surface area contributed by atoms with Crippen LogP contribution in [0.4, 0.5) is 0 Å². The second kappa shape index (κ2) is 43.1. The van der Waals surface area contributed by atoms with E-state index in [1.54, 1.807) is 0 Å². The fraction of sp³-hybridized carbons (Fsp3) is 0.612. The van der Waals surface area contributed by atoms with E-state index >= 15 is 0 Å². The average molecular weight is 763 g/mol. The quantitative estimate of drug-likeness (QED) is 0.0206. The van der Waals surface area contributed by atoms with E-state index < -0.39 is 6.10 Å². The van der Waals surface area contributed by atoms with Crippen molar-refractivity contribution in [1.29, 1.82) is 0 Å². The third-order valence-corrected chi connectivity index (χ3v) is 8.57. The van der Waals surface area contributed by atoms with E-state index in [2.05, 4.69) is 118 Å². The molecule has 0 radical (unpaired) electrons. The molecular formula is C49H78O6. The molecule has 0 aliphatic rings. The highest BCUT2D eigenvalue weighted by Gasteiger charge is 2.19. The van der Waals surface area contributed by atoms with Crippen molar-refractivity contribution in [3.05, 3.63) is 97.2 Å². The van der Waals surface area contributed by atoms with E-state index in [-0.39, 0.29) is 44.0 Å². The summed E-state index contributed by atoms with van der Waals surface area (Å²) in [5, 5.41) is 0. The van der Waals surface area contributed by atoms with Crippen LogP contribution < -0.4 is 0 Å². The molecule has 0 rings (SSSR count). The maximum absolute atomic E-state index is 12.7. The van der Waals surface area contributed by atoms with Gasteiger partial charge in [-0.15, -0.1) is 0 Å². The van der Waals surface area contributed by atoms with Crippen molar-refractivity contribution in [3.8, 4) is 0 Å². The monoisotopic (exact) mass is 763 g/mol. The standard InChI is InChI=1S/C49H78O6/c1-4-7-10-13-16-19-21-22-23-24-25-26-28-30-33-36-39-42-48(51)54-45-46(44-53-47(50)41-38-35-32-29-18-15-12-9-6-3)55-49(52)43-40-37-34-31-27-20-17-14-11-8-5-2/h7,10,14,16-17,19-20,22-23,25-27,29-30,32-33,46H,4-6,8-9,11-13,15,18,21,24,28,31,34-45H2,1-3H3/b10-7-,17-14-,19-16-,23-22-,26-25-,27-20-,32-29-,33-30-. The molecule has 0 aromatic carbocycles. The lowest BCUT2D eigenvalue weighted by molar-refractivity contribution is -0.167. The molecular weight excluding hydrogens is 685 g/mol. The lowest BCUT2D eigenvalue weighted by Crippen LogP contribution is -2.30. The van der Waals surface area contributed by atoms with Crippen LogP contribution in [0.25, 0.3) is 0 Å². The van der Waals surface area contributed by atoms with Gasteiger partial charge in [0.05, 0.1) is 0 Å². The zero-order valence-corrected chi connectivity index (χ0v) is 35.1. The highest BCUT2D eigenvalue weighted by atomic mass is 16.6. The lowest BCUT2D eigenvalue weighted by Gasteiger charge is -2.18. The summed E-state index contributed by atoms with van der Waals surface area (Å²) in [6, 6.07) is 0. The Morgan fingerprint density at radius 2 is 0.800 bits per heavy atom. The summed E-state index contributed by atoms with van der Waals surface area (Å²) in [4.78, 5) is 37.6. The summed E-state index contributed by atoms with van der Waals surface area (Å²) < 4.78 is 16.5. The van der Waals surface area contributed by atoms with Crippen molar-refractivity contribution in [2.24, 2.45) is 0 Å². The molecule has 0 spiro atoms. The number of esters is 3. The van der Waals surface area contributed by atoms with E-state index in [0.29, 0.717) is 25.7 Å². The number of carbonyl (C=O) groups is 3. The number of carbonyl (C=O) groups excluding carboxylic acids is 3. The second-order valence-electron chi connectivity index (χ2n) is 13.9. The van der Waals surface area contributed by atoms with Crippen LogP contribution in [0.5, 0.6) is 0 Å². The molecule has 0 heterocycles. The average Bonchev–Trinajstić information content (AvgIpc) is 3.18. The number of hydrogen-bond donors (Lipinski definition) is 0. The molecule has 0 amide bonds. The van der Waals surface area contributed by atoms with Crippen molar-refractivity contribution in [2.45, 2.75) is 181 Å². The molecule has 1 unspecified atom stereocenters. The molecule has 0 aromatic rings. The highest BCUT2D eigenvalue weighted by Crippen LogP contribution is 2.10. The van der Waals surface area contributed by atoms with E-state index in [1.807, 2.05) is 0 Å². The first kappa shape index (κ1) is 51.3. The molecule has 0 aliphatic carbocycles. The van der Waals surface area contributed by atoms with Crippen LogP contribution in [0.1, 0.15) is 175 Å². The van der Waals surface area contributed by atoms with Crippen molar-refractivity contribution < 1.29 is 28.6 Å². The fourth-order valence-electron chi connectivity index (χ4n) is 5.28. The molecule has 6 nitrogen and oxygen atoms in total. The van der Waals surface area contributed by atoms with Gasteiger partial charge in [-0.2, -0.15) is 0 Å². The SMILES string of the molecule is CC/C=C\C/C=C\C/C=C\C/C=C\C/C=C\CCCC(=O)OCC(COC(=O)CCC/C=C\CCCCCC)OC(=O)CCCCC/C=C\C=C/CCCC. The Hall–Kier alpha value is -3.67. The third-order valence-electron chi connectivity index (χ3n) is 8.57. The summed E-state index contributed by atoms with van der Waals surface area (Å²) in [5.41, 5.74) is 0. The number of allylic oxidation sites excluding steroid dienone is 16. The Labute approximate surface area is 337 Å². The number of hydrogen-bond acceptors (Lipinski definition) is 6. The summed E-state index contributed by atoms with van der Waals surface area (Å²) in [6.07, 6.45) is 55.5. The van der Waals surface area contributed by atoms with Crippen LogP contribution in [0, 0.1) is 0 Å². The molecule has 0 N–H and O–H groups in total. The van der Waals surface area contributed by atoms with Crippen LogP contribution >= 0.6 is 0 Å². The molecule has 0 saturated carbocycles. The smallest absolute Gasteiger partial charge is 0.306 e. The highest BCUT2D eigenvalue weighted by molar-refractivity contribution is 5.71. The van der Waals surface area contributed by atoms with Crippen LogP contribution in [0.3, 0.4) is 0 Å². The topological polar surface area (TPSA) is 78.9 Å². The Bertz CT molecular complexity index is 1150. The van der Waals surface area contributed by atoms with Crippen LogP contribution in [0.15, 0.2) is 97.2 Å². The molecule has 55 heavy (non-hydrogen) atoms. The molecule has 0 aromatic heterocycles. The fourth-order valence-corrected chi connectivity index (χ4v) is 5.28. The van der Waals surface area contributed by atoms with Gasteiger partial charge in [-0.05, 0) is 96.3 Å². The van der Waals surface area contributed by atoms with Gasteiger partial charge in [0.25, 0.3) is 0 Å². The summed E-state index contributed by atoms with van der Waals surface area (Å²) in [7, 11) is 0. The van der Waals surface area contributed by atoms with Crippen LogP contribution in [0.2, 0.25) is 0 Å². The van der Waals surface area contributed by atoms with Gasteiger partial charge in [0.1, 0.15) is 13.2 Å². The van der Waals surface area contributed by atoms with Crippen molar-refractivity contribution >= 4 is 17.9 Å². The Kier molecular flexibility index (Phi) is 40.2. The van der Waals surface area contributed by atoms with Gasteiger partial charge < -0.3 is 14.2 Å². The first-order valence-corrected chi connectivity index (χ1v) is 21.8. The summed E-state index contributed by atoms with van der Waals surface area (Å²) in [5.74, 6) is -1.06. The van der Waals surface area contributed by atoms with Gasteiger partial charge in [0, 0.05) is 19.3 Å². The van der Waals surface area contributed by atoms with Gasteiger partial charge in [0.15, 0.2) is 6.10 Å². The van der Waals surface area contributed by atoms with Crippen molar-refractivity contribution in [3.63, 3.8) is 0 Å². The first-order valence-electron chi connectivity index (χ1n) is 21.8. The number of ether oxygens (including phenoxy) is 3. The second-order valence-corrected chi connectivity index (χ2v) is 13.9. The maximum atomic E-state index is 12.7. The molecule has 6 heteroatoms. The van der Waals surface area contributed by atoms with Crippen molar-refractivity contribution in [2.75, 3.05) is 13.2 Å². The molecule has 0 fully saturated rings. The van der Waals surface area contributed by atoms with E-state index in [0.717, 1.165) is 77.0 Å². The predicted octanol–water partition coefficient (Wildman–Crippen LogP) is 13.9. The minimum Gasteiger partial charge on any atom is -0.462 e. The normalized spacial score (nSPS) is 13.0. The van der Waals surface area contributed by atoms with Crippen molar-refractivity contribution in [1.82, 2.24) is 0 Å². The van der Waals surface area contributed by atoms with Gasteiger partial charge in [-0.1, -0.05) is 157 Å². The zero-order valence-electron chi connectivity index (χ0n) is 35.1. The van der Waals surface area contributed by atoms with E-state index in [1.165, 1.54) is 38.5 Å². The van der Waals surface area contributed by atoms with Gasteiger partial charge >= 0.3 is 17.9 Å². The number of rotatable bonds is 37. The lowest BCUT2D eigenvalue weighted by atomic mass is 10.1. The Balaban J connectivity index is 4.53. The third kappa shape index (κ3) is 41.3. The van der Waals surface area contributed by atoms with Gasteiger partial charge in [0.2, 0.25) is 0 Å². The van der Waals surface area contributed by atoms with E-state index in [4.69, 9.17) is 14.2 Å². The minimum atomic E-state index is -0.822. The number of unbranched alkanes of at least 4 members (excludes halogenated alkanes) is 11. The van der Waals surface area contributed by atoms with Gasteiger partial charge in [-0.3, -0.25) is 14.4 Å². The van der Waals surface area contributed by atoms with Crippen LogP contribution in [-0.2, 0) is 28.6 Å².